The number of aromatic nitrogens is 4. The van der Waals surface area contributed by atoms with Gasteiger partial charge in [0.1, 0.15) is 17.2 Å². The van der Waals surface area contributed by atoms with Gasteiger partial charge in [-0.2, -0.15) is 0 Å². The first-order chi connectivity index (χ1) is 15.9. The largest absolute Gasteiger partial charge is 0.481 e. The fourth-order valence-electron chi connectivity index (χ4n) is 3.48. The third kappa shape index (κ3) is 7.16. The van der Waals surface area contributed by atoms with Crippen molar-refractivity contribution in [3.8, 4) is 0 Å². The van der Waals surface area contributed by atoms with Gasteiger partial charge in [0.05, 0.1) is 38.9 Å². The first-order valence-corrected chi connectivity index (χ1v) is 11.3. The lowest BCUT2D eigenvalue weighted by atomic mass is 9.85. The average Bonchev–Trinajstić information content (AvgIpc) is 3.37. The van der Waals surface area contributed by atoms with Crippen molar-refractivity contribution in [2.45, 2.75) is 78.8 Å². The van der Waals surface area contributed by atoms with E-state index in [0.717, 1.165) is 38.2 Å². The number of imidazole rings is 2. The monoisotopic (exact) mass is 478 g/mol. The van der Waals surface area contributed by atoms with Gasteiger partial charge in [0.25, 0.3) is 0 Å². The van der Waals surface area contributed by atoms with Crippen molar-refractivity contribution in [3.05, 3.63) is 35.9 Å². The van der Waals surface area contributed by atoms with Crippen LogP contribution >= 0.6 is 0 Å². The van der Waals surface area contributed by atoms with Crippen LogP contribution in [0.15, 0.2) is 18.7 Å². The SMILES string of the molecule is C.CCn1c(C(=O)OC)cnc1C1CCC1.CCn1cncc1C(=O)OC.O=C(O)C1CCC1. The summed E-state index contributed by atoms with van der Waals surface area (Å²) in [6, 6.07) is 0. The summed E-state index contributed by atoms with van der Waals surface area (Å²) in [5.41, 5.74) is 1.07. The van der Waals surface area contributed by atoms with E-state index in [2.05, 4.69) is 14.7 Å². The van der Waals surface area contributed by atoms with E-state index >= 15 is 0 Å². The number of aliphatic carboxylic acids is 1. The Hall–Kier alpha value is -3.17. The van der Waals surface area contributed by atoms with Crippen LogP contribution in [-0.2, 0) is 27.4 Å². The quantitative estimate of drug-likeness (QED) is 0.614. The van der Waals surface area contributed by atoms with Crippen molar-refractivity contribution in [1.29, 1.82) is 0 Å². The number of carboxylic acids is 1. The molecule has 0 saturated heterocycles. The lowest BCUT2D eigenvalue weighted by molar-refractivity contribution is -0.144. The third-order valence-corrected chi connectivity index (χ3v) is 5.97. The highest BCUT2D eigenvalue weighted by atomic mass is 16.5. The van der Waals surface area contributed by atoms with Crippen LogP contribution < -0.4 is 0 Å². The molecule has 4 rings (SSSR count). The van der Waals surface area contributed by atoms with E-state index in [1.165, 1.54) is 39.7 Å². The summed E-state index contributed by atoms with van der Waals surface area (Å²) in [5.74, 6) is 0.332. The lowest BCUT2D eigenvalue weighted by Crippen LogP contribution is -2.20. The Morgan fingerprint density at radius 2 is 1.56 bits per heavy atom. The predicted molar refractivity (Wildman–Crippen MR) is 127 cm³/mol. The van der Waals surface area contributed by atoms with Gasteiger partial charge >= 0.3 is 17.9 Å². The number of ether oxygens (including phenoxy) is 2. The van der Waals surface area contributed by atoms with Gasteiger partial charge in [0, 0.05) is 19.0 Å². The molecule has 0 unspecified atom stereocenters. The second-order valence-corrected chi connectivity index (χ2v) is 7.89. The molecule has 2 aliphatic carbocycles. The molecule has 0 atom stereocenters. The molecule has 0 spiro atoms. The molecule has 2 heterocycles. The van der Waals surface area contributed by atoms with E-state index in [4.69, 9.17) is 9.84 Å². The molecule has 2 aromatic heterocycles. The molecule has 1 N–H and O–H groups in total. The molecule has 0 aromatic carbocycles. The summed E-state index contributed by atoms with van der Waals surface area (Å²) in [6.45, 7) is 5.46. The van der Waals surface area contributed by atoms with Crippen LogP contribution in [-0.4, -0.2) is 56.3 Å². The van der Waals surface area contributed by atoms with Gasteiger partial charge in [-0.1, -0.05) is 20.3 Å². The van der Waals surface area contributed by atoms with Crippen LogP contribution in [0.1, 0.15) is 92.5 Å². The molecule has 2 aromatic rings. The molecule has 10 heteroatoms. The minimum atomic E-state index is -0.619. The first-order valence-electron chi connectivity index (χ1n) is 11.3. The highest BCUT2D eigenvalue weighted by Crippen LogP contribution is 2.35. The number of hydrogen-bond acceptors (Lipinski definition) is 7. The fraction of sp³-hybridized carbons (Fsp3) is 0.625. The van der Waals surface area contributed by atoms with Gasteiger partial charge < -0.3 is 23.7 Å². The number of methoxy groups -OCH3 is 2. The summed E-state index contributed by atoms with van der Waals surface area (Å²) in [4.78, 5) is 40.6. The van der Waals surface area contributed by atoms with Gasteiger partial charge in [-0.05, 0) is 39.5 Å². The molecule has 2 aliphatic rings. The van der Waals surface area contributed by atoms with E-state index in [1.807, 2.05) is 18.4 Å². The van der Waals surface area contributed by atoms with Crippen molar-refractivity contribution < 1.29 is 29.0 Å². The smallest absolute Gasteiger partial charge is 0.356 e. The van der Waals surface area contributed by atoms with Crippen LogP contribution in [0.3, 0.4) is 0 Å². The van der Waals surface area contributed by atoms with E-state index in [-0.39, 0.29) is 25.3 Å². The molecule has 34 heavy (non-hydrogen) atoms. The minimum absolute atomic E-state index is 0. The van der Waals surface area contributed by atoms with Crippen LogP contribution in [0.2, 0.25) is 0 Å². The Morgan fingerprint density at radius 1 is 0.971 bits per heavy atom. The molecule has 190 valence electrons. The summed E-state index contributed by atoms with van der Waals surface area (Å²) in [7, 11) is 2.76. The van der Waals surface area contributed by atoms with E-state index < -0.39 is 5.97 Å². The Kier molecular flexibility index (Phi) is 12.0. The maximum Gasteiger partial charge on any atom is 0.356 e. The van der Waals surface area contributed by atoms with E-state index in [9.17, 15) is 14.4 Å². The van der Waals surface area contributed by atoms with Crippen LogP contribution in [0, 0.1) is 5.92 Å². The Bertz CT molecular complexity index is 928. The number of carbonyl (C=O) groups excluding carboxylic acids is 2. The molecular formula is C24H38N4O6. The highest BCUT2D eigenvalue weighted by Gasteiger charge is 2.26. The third-order valence-electron chi connectivity index (χ3n) is 5.97. The fourth-order valence-corrected chi connectivity index (χ4v) is 3.48. The van der Waals surface area contributed by atoms with Crippen LogP contribution in [0.25, 0.3) is 0 Å². The van der Waals surface area contributed by atoms with Gasteiger partial charge in [-0.15, -0.1) is 0 Å². The zero-order valence-electron chi connectivity index (χ0n) is 19.8. The number of nitrogens with zero attached hydrogens (tertiary/aromatic N) is 4. The zero-order chi connectivity index (χ0) is 24.4. The van der Waals surface area contributed by atoms with Gasteiger partial charge in [0.15, 0.2) is 0 Å². The van der Waals surface area contributed by atoms with E-state index in [0.29, 0.717) is 17.3 Å². The Balaban J connectivity index is 0.000000269. The molecule has 2 saturated carbocycles. The van der Waals surface area contributed by atoms with Crippen molar-refractivity contribution in [2.75, 3.05) is 14.2 Å². The zero-order valence-corrected chi connectivity index (χ0v) is 19.8. The molecule has 0 radical (unpaired) electrons. The van der Waals surface area contributed by atoms with Crippen molar-refractivity contribution in [1.82, 2.24) is 19.1 Å². The number of aryl methyl sites for hydroxylation is 1. The number of esters is 2. The predicted octanol–water partition coefficient (Wildman–Crippen LogP) is 4.15. The number of carboxylic acid groups (broad SMARTS) is 1. The number of hydrogen-bond donors (Lipinski definition) is 1. The summed E-state index contributed by atoms with van der Waals surface area (Å²) in [6.07, 6.45) is 11.3. The maximum absolute atomic E-state index is 11.5. The summed E-state index contributed by atoms with van der Waals surface area (Å²) in [5, 5.41) is 8.23. The Labute approximate surface area is 201 Å². The van der Waals surface area contributed by atoms with Crippen molar-refractivity contribution >= 4 is 17.9 Å². The molecule has 10 nitrogen and oxygen atoms in total. The van der Waals surface area contributed by atoms with Gasteiger partial charge in [0.2, 0.25) is 0 Å². The molecule has 0 bridgehead atoms. The summed E-state index contributed by atoms with van der Waals surface area (Å²) >= 11 is 0. The van der Waals surface area contributed by atoms with Crippen molar-refractivity contribution in [2.24, 2.45) is 5.92 Å². The normalized spacial score (nSPS) is 14.6. The minimum Gasteiger partial charge on any atom is -0.481 e. The maximum atomic E-state index is 11.5. The van der Waals surface area contributed by atoms with E-state index in [1.54, 1.807) is 17.1 Å². The van der Waals surface area contributed by atoms with Crippen molar-refractivity contribution in [3.63, 3.8) is 0 Å². The van der Waals surface area contributed by atoms with Crippen LogP contribution in [0.5, 0.6) is 0 Å². The molecule has 0 aliphatic heterocycles. The lowest BCUT2D eigenvalue weighted by Gasteiger charge is -2.25. The highest BCUT2D eigenvalue weighted by molar-refractivity contribution is 5.87. The first kappa shape index (κ1) is 28.9. The van der Waals surface area contributed by atoms with Gasteiger partial charge in [-0.25, -0.2) is 19.6 Å². The van der Waals surface area contributed by atoms with Crippen LogP contribution in [0.4, 0.5) is 0 Å². The number of carbonyl (C=O) groups is 3. The summed E-state index contributed by atoms with van der Waals surface area (Å²) < 4.78 is 13.0. The second-order valence-electron chi connectivity index (χ2n) is 7.89. The average molecular weight is 479 g/mol. The van der Waals surface area contributed by atoms with Gasteiger partial charge in [-0.3, -0.25) is 4.79 Å². The molecular weight excluding hydrogens is 440 g/mol. The second kappa shape index (κ2) is 14.2. The molecule has 0 amide bonds. The number of rotatable bonds is 6. The Morgan fingerprint density at radius 3 is 1.94 bits per heavy atom. The standard InChI is InChI=1S/C11H16N2O2.C7H10N2O2.C5H8O2.CH4/c1-3-13-9(11(14)15-2)7-12-10(13)8-5-4-6-8;1-3-9-5-8-4-6(9)7(10)11-2;6-5(7)4-2-1-3-4;/h7-8H,3-6H2,1-2H3;4-5H,3H2,1-2H3;4H,1-3H2,(H,6,7);1H4. The molecule has 2 fully saturated rings. The topological polar surface area (TPSA) is 126 Å².